The molecule has 4 unspecified atom stereocenters. The van der Waals surface area contributed by atoms with Crippen molar-refractivity contribution in [3.8, 4) is 0 Å². The zero-order chi connectivity index (χ0) is 22.0. The molecule has 0 bridgehead atoms. The Morgan fingerprint density at radius 1 is 0.821 bits per heavy atom. The highest BCUT2D eigenvalue weighted by molar-refractivity contribution is 5.96. The summed E-state index contributed by atoms with van der Waals surface area (Å²) in [6.07, 6.45) is -1.71. The van der Waals surface area contributed by atoms with Gasteiger partial charge in [-0.1, -0.05) is 0 Å². The maximum absolute atomic E-state index is 12.2. The zero-order valence-corrected chi connectivity index (χ0v) is 14.9. The van der Waals surface area contributed by atoms with Crippen molar-refractivity contribution in [1.82, 2.24) is 16.0 Å². The molecule has 0 saturated heterocycles. The quantitative estimate of drug-likeness (QED) is 0.154. The lowest BCUT2D eigenvalue weighted by atomic mass is 10.1. The second-order valence-electron chi connectivity index (χ2n) is 5.76. The average Bonchev–Trinajstić information content (AvgIpc) is 2.56. The highest BCUT2D eigenvalue weighted by atomic mass is 16.4. The van der Waals surface area contributed by atoms with Crippen molar-refractivity contribution >= 4 is 35.6 Å². The van der Waals surface area contributed by atoms with Crippen LogP contribution in [0.3, 0.4) is 0 Å². The summed E-state index contributed by atoms with van der Waals surface area (Å²) in [4.78, 5) is 68.7. The monoisotopic (exact) mass is 405 g/mol. The van der Waals surface area contributed by atoms with Gasteiger partial charge in [-0.05, 0) is 6.92 Å². The molecule has 0 fully saturated rings. The van der Waals surface area contributed by atoms with Crippen LogP contribution < -0.4 is 27.4 Å². The van der Waals surface area contributed by atoms with Crippen LogP contribution in [0.15, 0.2) is 0 Å². The number of amides is 4. The number of carbonyl (C=O) groups is 6. The molecule has 0 heterocycles. The first-order valence-corrected chi connectivity index (χ1v) is 7.89. The Labute approximate surface area is 158 Å². The van der Waals surface area contributed by atoms with Crippen LogP contribution in [0.25, 0.3) is 0 Å². The standard InChI is InChI=1S/C14H23N5O9/c1-5(15)11(24)19-8(4-20)13(26)17-6(2-9(16)21)12(25)18-7(14(27)28)3-10(22)23/h5-8,20H,2-4,15H2,1H3,(H2,16,21)(H,17,26)(H,18,25)(H,19,24)(H,22,23)(H,27,28). The van der Waals surface area contributed by atoms with Crippen molar-refractivity contribution in [2.24, 2.45) is 11.5 Å². The zero-order valence-electron chi connectivity index (χ0n) is 14.9. The van der Waals surface area contributed by atoms with Crippen molar-refractivity contribution in [3.63, 3.8) is 0 Å². The third-order valence-electron chi connectivity index (χ3n) is 3.26. The van der Waals surface area contributed by atoms with E-state index in [0.717, 1.165) is 0 Å². The summed E-state index contributed by atoms with van der Waals surface area (Å²) in [5, 5.41) is 32.8. The molecule has 4 atom stereocenters. The van der Waals surface area contributed by atoms with Crippen LogP contribution in [-0.4, -0.2) is 81.7 Å². The molecule has 0 aliphatic rings. The lowest BCUT2D eigenvalue weighted by Gasteiger charge is -2.23. The smallest absolute Gasteiger partial charge is 0.326 e. The van der Waals surface area contributed by atoms with Crippen LogP contribution in [0.1, 0.15) is 19.8 Å². The van der Waals surface area contributed by atoms with Gasteiger partial charge in [0.05, 0.1) is 25.5 Å². The molecule has 10 N–H and O–H groups in total. The molecule has 0 saturated carbocycles. The largest absolute Gasteiger partial charge is 0.481 e. The number of carboxylic acids is 2. The van der Waals surface area contributed by atoms with Crippen LogP contribution in [0.4, 0.5) is 0 Å². The van der Waals surface area contributed by atoms with Crippen molar-refractivity contribution in [2.45, 2.75) is 43.9 Å². The second-order valence-corrected chi connectivity index (χ2v) is 5.76. The van der Waals surface area contributed by atoms with Crippen molar-refractivity contribution in [3.05, 3.63) is 0 Å². The number of primary amides is 1. The van der Waals surface area contributed by atoms with E-state index in [1.54, 1.807) is 0 Å². The van der Waals surface area contributed by atoms with Crippen molar-refractivity contribution in [1.29, 1.82) is 0 Å². The highest BCUT2D eigenvalue weighted by Crippen LogP contribution is 1.99. The van der Waals surface area contributed by atoms with Crippen LogP contribution in [-0.2, 0) is 28.8 Å². The molecule has 0 rings (SSSR count). The van der Waals surface area contributed by atoms with E-state index in [9.17, 15) is 33.9 Å². The van der Waals surface area contributed by atoms with E-state index in [2.05, 4.69) is 5.32 Å². The summed E-state index contributed by atoms with van der Waals surface area (Å²) in [7, 11) is 0. The molecule has 28 heavy (non-hydrogen) atoms. The topological polar surface area (TPSA) is 251 Å². The molecule has 0 aromatic heterocycles. The van der Waals surface area contributed by atoms with Gasteiger partial charge in [0.15, 0.2) is 0 Å². The predicted molar refractivity (Wildman–Crippen MR) is 90.2 cm³/mol. The molecule has 0 spiro atoms. The number of hydrogen-bond donors (Lipinski definition) is 8. The Hall–Kier alpha value is -3.26. The third kappa shape index (κ3) is 8.91. The normalized spacial score (nSPS) is 14.7. The van der Waals surface area contributed by atoms with E-state index in [0.29, 0.717) is 0 Å². The molecule has 4 amide bonds. The lowest BCUT2D eigenvalue weighted by molar-refractivity contribution is -0.147. The predicted octanol–water partition coefficient (Wildman–Crippen LogP) is -4.78. The third-order valence-corrected chi connectivity index (χ3v) is 3.26. The van der Waals surface area contributed by atoms with E-state index in [4.69, 9.17) is 21.7 Å². The van der Waals surface area contributed by atoms with Gasteiger partial charge in [0.2, 0.25) is 23.6 Å². The molecule has 0 radical (unpaired) electrons. The Kier molecular flexibility index (Phi) is 10.1. The van der Waals surface area contributed by atoms with Gasteiger partial charge >= 0.3 is 11.9 Å². The Balaban J connectivity index is 5.28. The Bertz CT molecular complexity index is 637. The van der Waals surface area contributed by atoms with Gasteiger partial charge in [0.1, 0.15) is 18.1 Å². The fourth-order valence-corrected chi connectivity index (χ4v) is 1.83. The van der Waals surface area contributed by atoms with Crippen molar-refractivity contribution in [2.75, 3.05) is 6.61 Å². The molecule has 14 nitrogen and oxygen atoms in total. The number of aliphatic hydroxyl groups excluding tert-OH is 1. The van der Waals surface area contributed by atoms with E-state index < -0.39 is 79.2 Å². The Morgan fingerprint density at radius 3 is 1.68 bits per heavy atom. The number of nitrogens with one attached hydrogen (secondary N) is 3. The number of aliphatic hydroxyl groups is 1. The van der Waals surface area contributed by atoms with Crippen LogP contribution in [0, 0.1) is 0 Å². The molecule has 0 aliphatic heterocycles. The summed E-state index contributed by atoms with van der Waals surface area (Å²) in [5.41, 5.74) is 10.3. The number of carbonyl (C=O) groups excluding carboxylic acids is 4. The van der Waals surface area contributed by atoms with Gasteiger partial charge in [0, 0.05) is 0 Å². The second kappa shape index (κ2) is 11.5. The molecular formula is C14H23N5O9. The molecule has 0 aliphatic carbocycles. The van der Waals surface area contributed by atoms with Gasteiger partial charge in [-0.15, -0.1) is 0 Å². The molecule has 14 heteroatoms. The van der Waals surface area contributed by atoms with E-state index >= 15 is 0 Å². The molecule has 158 valence electrons. The minimum atomic E-state index is -1.83. The van der Waals surface area contributed by atoms with Crippen LogP contribution in [0.5, 0.6) is 0 Å². The maximum atomic E-state index is 12.2. The Morgan fingerprint density at radius 2 is 1.29 bits per heavy atom. The summed E-state index contributed by atoms with van der Waals surface area (Å²) >= 11 is 0. The van der Waals surface area contributed by atoms with E-state index in [1.165, 1.54) is 6.92 Å². The van der Waals surface area contributed by atoms with Crippen LogP contribution >= 0.6 is 0 Å². The first-order chi connectivity index (χ1) is 12.9. The van der Waals surface area contributed by atoms with Gasteiger partial charge in [0.25, 0.3) is 0 Å². The summed E-state index contributed by atoms with van der Waals surface area (Å²) in [6, 6.07) is -6.03. The minimum absolute atomic E-state index is 0.754. The number of aliphatic carboxylic acids is 2. The van der Waals surface area contributed by atoms with Gasteiger partial charge < -0.3 is 42.7 Å². The fourth-order valence-electron chi connectivity index (χ4n) is 1.83. The maximum Gasteiger partial charge on any atom is 0.326 e. The van der Waals surface area contributed by atoms with Crippen molar-refractivity contribution < 1.29 is 44.1 Å². The summed E-state index contributed by atoms with van der Waals surface area (Å²) in [5.74, 6) is -7.26. The SMILES string of the molecule is CC(N)C(=O)NC(CO)C(=O)NC(CC(N)=O)C(=O)NC(CC(=O)O)C(=O)O. The van der Waals surface area contributed by atoms with E-state index in [1.807, 2.05) is 10.6 Å². The summed E-state index contributed by atoms with van der Waals surface area (Å²) in [6.45, 7) is 0.450. The average molecular weight is 405 g/mol. The first kappa shape index (κ1) is 24.7. The number of rotatable bonds is 12. The fraction of sp³-hybridized carbons (Fsp3) is 0.571. The van der Waals surface area contributed by atoms with Gasteiger partial charge in [-0.3, -0.25) is 24.0 Å². The van der Waals surface area contributed by atoms with E-state index in [-0.39, 0.29) is 0 Å². The molecule has 0 aromatic carbocycles. The number of nitrogens with two attached hydrogens (primary N) is 2. The first-order valence-electron chi connectivity index (χ1n) is 7.89. The number of carboxylic acid groups (broad SMARTS) is 2. The minimum Gasteiger partial charge on any atom is -0.481 e. The van der Waals surface area contributed by atoms with Gasteiger partial charge in [-0.2, -0.15) is 0 Å². The summed E-state index contributed by atoms with van der Waals surface area (Å²) < 4.78 is 0. The van der Waals surface area contributed by atoms with Crippen LogP contribution in [0.2, 0.25) is 0 Å². The van der Waals surface area contributed by atoms with Gasteiger partial charge in [-0.25, -0.2) is 4.79 Å². The molecule has 0 aromatic rings. The number of hydrogen-bond acceptors (Lipinski definition) is 8. The molecular weight excluding hydrogens is 382 g/mol. The highest BCUT2D eigenvalue weighted by Gasteiger charge is 2.31. The lowest BCUT2D eigenvalue weighted by Crippen LogP contribution is -2.58.